The van der Waals surface area contributed by atoms with Crippen molar-refractivity contribution in [3.8, 4) is 0 Å². The lowest BCUT2D eigenvalue weighted by atomic mass is 9.94. The van der Waals surface area contributed by atoms with Gasteiger partial charge in [-0.3, -0.25) is 9.59 Å². The van der Waals surface area contributed by atoms with Crippen molar-refractivity contribution in [3.63, 3.8) is 0 Å². The highest BCUT2D eigenvalue weighted by Gasteiger charge is 2.17. The minimum Gasteiger partial charge on any atom is -0.481 e. The van der Waals surface area contributed by atoms with Crippen LogP contribution in [0.3, 0.4) is 0 Å². The predicted molar refractivity (Wildman–Crippen MR) is 72.3 cm³/mol. The first-order valence-corrected chi connectivity index (χ1v) is 7.00. The number of aliphatic carboxylic acids is 2. The molecule has 0 aromatic rings. The minimum atomic E-state index is -0.929. The van der Waals surface area contributed by atoms with E-state index in [1.165, 1.54) is 5.01 Å². The number of hydrogen-bond donors (Lipinski definition) is 5. The van der Waals surface area contributed by atoms with Gasteiger partial charge in [-0.25, -0.2) is 10.4 Å². The molecule has 1 saturated heterocycles. The van der Waals surface area contributed by atoms with Crippen molar-refractivity contribution in [2.24, 2.45) is 5.92 Å². The zero-order chi connectivity index (χ0) is 14.8. The van der Waals surface area contributed by atoms with E-state index >= 15 is 0 Å². The van der Waals surface area contributed by atoms with Crippen LogP contribution in [-0.2, 0) is 9.59 Å². The fourth-order valence-electron chi connectivity index (χ4n) is 2.28. The van der Waals surface area contributed by atoms with Gasteiger partial charge in [0.05, 0.1) is 0 Å². The smallest absolute Gasteiger partial charge is 0.319 e. The van der Waals surface area contributed by atoms with Gasteiger partial charge in [-0.15, -0.1) is 0 Å². The number of rotatable bonds is 4. The molecule has 0 spiro atoms. The number of nitrogens with zero attached hydrogens (tertiary/aromatic N) is 1. The molecule has 1 atom stereocenters. The third-order valence-electron chi connectivity index (χ3n) is 3.31. The number of nitrogens with one attached hydrogen (secondary N) is 3. The van der Waals surface area contributed by atoms with Gasteiger partial charge in [0.2, 0.25) is 0 Å². The second-order valence-corrected chi connectivity index (χ2v) is 5.08. The van der Waals surface area contributed by atoms with Crippen LogP contribution >= 0.6 is 0 Å². The molecule has 116 valence electrons. The van der Waals surface area contributed by atoms with Crippen molar-refractivity contribution < 1.29 is 19.8 Å². The highest BCUT2D eigenvalue weighted by atomic mass is 16.4. The Balaban J connectivity index is 2.52. The van der Waals surface area contributed by atoms with Crippen LogP contribution < -0.4 is 16.5 Å². The monoisotopic (exact) mass is 288 g/mol. The number of hydrogen-bond acceptors (Lipinski definition) is 6. The molecular formula is C12H24N4O4. The quantitative estimate of drug-likeness (QED) is 0.489. The van der Waals surface area contributed by atoms with Crippen LogP contribution in [0.4, 0.5) is 0 Å². The Bertz CT molecular complexity index is 284. The van der Waals surface area contributed by atoms with Crippen molar-refractivity contribution in [3.05, 3.63) is 0 Å². The zero-order valence-corrected chi connectivity index (χ0v) is 11.6. The molecule has 0 amide bonds. The Kier molecular flexibility index (Phi) is 8.12. The minimum absolute atomic E-state index is 0.0954. The summed E-state index contributed by atoms with van der Waals surface area (Å²) in [5, 5.41) is 19.3. The summed E-state index contributed by atoms with van der Waals surface area (Å²) in [6.45, 7) is 1.12. The Morgan fingerprint density at radius 1 is 1.10 bits per heavy atom. The summed E-state index contributed by atoms with van der Waals surface area (Å²) >= 11 is 0. The molecule has 8 nitrogen and oxygen atoms in total. The van der Waals surface area contributed by atoms with Crippen molar-refractivity contribution >= 4 is 11.9 Å². The SMILES string of the molecule is O=C(O)CC1CCCCCNNNN(CC(=O)O)CC1. The van der Waals surface area contributed by atoms with E-state index in [4.69, 9.17) is 10.2 Å². The van der Waals surface area contributed by atoms with Crippen LogP contribution in [0.5, 0.6) is 0 Å². The number of carboxylic acid groups (broad SMARTS) is 2. The topological polar surface area (TPSA) is 114 Å². The third-order valence-corrected chi connectivity index (χ3v) is 3.31. The second kappa shape index (κ2) is 9.65. The van der Waals surface area contributed by atoms with Crippen molar-refractivity contribution in [1.82, 2.24) is 21.5 Å². The van der Waals surface area contributed by atoms with Crippen molar-refractivity contribution in [1.29, 1.82) is 0 Å². The molecule has 0 aliphatic carbocycles. The number of hydrazine groups is 3. The maximum Gasteiger partial charge on any atom is 0.319 e. The zero-order valence-electron chi connectivity index (χ0n) is 11.6. The lowest BCUT2D eigenvalue weighted by Crippen LogP contribution is -2.55. The summed E-state index contributed by atoms with van der Waals surface area (Å²) in [7, 11) is 0. The van der Waals surface area contributed by atoms with E-state index in [1.54, 1.807) is 0 Å². The standard InChI is InChI=1S/C12H24N4O4/c17-11(18)8-10-4-2-1-3-6-13-14-15-16(7-5-10)9-12(19)20/h10,13-15H,1-9H2,(H,17,18)(H,19,20). The van der Waals surface area contributed by atoms with E-state index in [9.17, 15) is 9.59 Å². The Morgan fingerprint density at radius 3 is 2.60 bits per heavy atom. The summed E-state index contributed by atoms with van der Waals surface area (Å²) in [6, 6.07) is 0. The predicted octanol–water partition coefficient (Wildman–Crippen LogP) is -0.0582. The van der Waals surface area contributed by atoms with Gasteiger partial charge in [0, 0.05) is 19.5 Å². The first kappa shape index (κ1) is 16.8. The first-order chi connectivity index (χ1) is 9.58. The van der Waals surface area contributed by atoms with Crippen LogP contribution in [0.15, 0.2) is 0 Å². The normalized spacial score (nSPS) is 23.5. The molecular weight excluding hydrogens is 264 g/mol. The highest BCUT2D eigenvalue weighted by molar-refractivity contribution is 5.69. The molecule has 5 N–H and O–H groups in total. The van der Waals surface area contributed by atoms with Gasteiger partial charge < -0.3 is 10.2 Å². The van der Waals surface area contributed by atoms with Gasteiger partial charge in [-0.2, -0.15) is 11.1 Å². The molecule has 0 saturated carbocycles. The maximum absolute atomic E-state index is 10.9. The van der Waals surface area contributed by atoms with Gasteiger partial charge >= 0.3 is 11.9 Å². The summed E-state index contributed by atoms with van der Waals surface area (Å²) in [5.74, 6) is -1.63. The van der Waals surface area contributed by atoms with Crippen LogP contribution in [0.1, 0.15) is 38.5 Å². The lowest BCUT2D eigenvalue weighted by molar-refractivity contribution is -0.140. The van der Waals surface area contributed by atoms with Crippen molar-refractivity contribution in [2.45, 2.75) is 38.5 Å². The van der Waals surface area contributed by atoms with E-state index in [1.807, 2.05) is 0 Å². The Morgan fingerprint density at radius 2 is 1.90 bits per heavy atom. The molecule has 1 aliphatic rings. The lowest BCUT2D eigenvalue weighted by Gasteiger charge is -2.25. The molecule has 1 aliphatic heterocycles. The molecule has 0 bridgehead atoms. The Hall–Kier alpha value is -1.22. The van der Waals surface area contributed by atoms with Gasteiger partial charge in [0.15, 0.2) is 0 Å². The molecule has 1 rings (SSSR count). The van der Waals surface area contributed by atoms with Crippen LogP contribution in [-0.4, -0.2) is 46.8 Å². The largest absolute Gasteiger partial charge is 0.481 e. The van der Waals surface area contributed by atoms with Gasteiger partial charge in [0.1, 0.15) is 6.54 Å². The fourth-order valence-corrected chi connectivity index (χ4v) is 2.28. The van der Waals surface area contributed by atoms with Crippen LogP contribution in [0.25, 0.3) is 0 Å². The van der Waals surface area contributed by atoms with Gasteiger partial charge in [-0.05, 0) is 25.2 Å². The molecule has 1 fully saturated rings. The van der Waals surface area contributed by atoms with Crippen LogP contribution in [0, 0.1) is 5.92 Å². The second-order valence-electron chi connectivity index (χ2n) is 5.08. The van der Waals surface area contributed by atoms with Gasteiger partial charge in [-0.1, -0.05) is 12.8 Å². The average molecular weight is 288 g/mol. The van der Waals surface area contributed by atoms with E-state index in [0.29, 0.717) is 13.0 Å². The van der Waals surface area contributed by atoms with Crippen molar-refractivity contribution in [2.75, 3.05) is 19.6 Å². The number of carbonyl (C=O) groups is 2. The summed E-state index contributed by atoms with van der Waals surface area (Å²) in [5.41, 5.74) is 8.51. The van der Waals surface area contributed by atoms with E-state index in [-0.39, 0.29) is 18.9 Å². The summed E-state index contributed by atoms with van der Waals surface area (Å²) in [6.07, 6.45) is 4.74. The fraction of sp³-hybridized carbons (Fsp3) is 0.833. The third kappa shape index (κ3) is 8.05. The van der Waals surface area contributed by atoms with E-state index in [0.717, 1.165) is 32.2 Å². The number of carboxylic acids is 2. The van der Waals surface area contributed by atoms with Crippen LogP contribution in [0.2, 0.25) is 0 Å². The molecule has 8 heteroatoms. The molecule has 0 aromatic carbocycles. The summed E-state index contributed by atoms with van der Waals surface area (Å²) < 4.78 is 0. The average Bonchev–Trinajstić information content (AvgIpc) is 2.34. The van der Waals surface area contributed by atoms with E-state index < -0.39 is 11.9 Å². The first-order valence-electron chi connectivity index (χ1n) is 7.00. The molecule has 1 heterocycles. The maximum atomic E-state index is 10.9. The summed E-state index contributed by atoms with van der Waals surface area (Å²) in [4.78, 5) is 21.6. The van der Waals surface area contributed by atoms with Gasteiger partial charge in [0.25, 0.3) is 0 Å². The van der Waals surface area contributed by atoms with E-state index in [2.05, 4.69) is 16.5 Å². The molecule has 1 unspecified atom stereocenters. The molecule has 0 aromatic heterocycles. The molecule has 0 radical (unpaired) electrons. The Labute approximate surface area is 118 Å². The highest BCUT2D eigenvalue weighted by Crippen LogP contribution is 2.18. The molecule has 20 heavy (non-hydrogen) atoms.